The normalized spacial score (nSPS) is 12.9. The number of carbonyl (C=O) groups excluding carboxylic acids is 1. The molecule has 0 spiro atoms. The second-order valence-electron chi connectivity index (χ2n) is 8.55. The van der Waals surface area contributed by atoms with Crippen LogP contribution in [0.3, 0.4) is 0 Å². The molecular weight excluding hydrogens is 494 g/mol. The van der Waals surface area contributed by atoms with E-state index in [0.29, 0.717) is 17.4 Å². The zero-order chi connectivity index (χ0) is 24.8. The van der Waals surface area contributed by atoms with Gasteiger partial charge in [0.1, 0.15) is 23.7 Å². The second kappa shape index (κ2) is 9.55. The van der Waals surface area contributed by atoms with Crippen molar-refractivity contribution in [1.29, 1.82) is 0 Å². The number of aromatic amines is 1. The smallest absolute Gasteiger partial charge is 0.285 e. The summed E-state index contributed by atoms with van der Waals surface area (Å²) in [6, 6.07) is 17.4. The first-order chi connectivity index (χ1) is 17.5. The number of rotatable bonds is 6. The quantitative estimate of drug-likeness (QED) is 0.343. The number of halogens is 1. The lowest BCUT2D eigenvalue weighted by Crippen LogP contribution is -2.19. The number of H-pyrrole nitrogens is 1. The predicted molar refractivity (Wildman–Crippen MR) is 140 cm³/mol. The van der Waals surface area contributed by atoms with Crippen LogP contribution in [0.15, 0.2) is 65.5 Å². The molecule has 37 heavy (non-hydrogen) atoms. The molecule has 5 aromatic rings. The van der Waals surface area contributed by atoms with E-state index in [2.05, 4.69) is 20.2 Å². The summed E-state index contributed by atoms with van der Waals surface area (Å²) in [5.41, 5.74) is 7.81. The van der Waals surface area contributed by atoms with Crippen molar-refractivity contribution in [3.05, 3.63) is 93.0 Å². The SMILES string of the molecule is C.Nc1cc(C2CC2)nn1C(=O)c1c(Cl)cccc1OCc1cc(=O)n2[nH]c(-c3ccccc3)nc2n1. The molecule has 1 aliphatic carbocycles. The van der Waals surface area contributed by atoms with Crippen LogP contribution in [0.4, 0.5) is 5.82 Å². The van der Waals surface area contributed by atoms with E-state index < -0.39 is 5.91 Å². The molecule has 10 nitrogen and oxygen atoms in total. The highest BCUT2D eigenvalue weighted by molar-refractivity contribution is 6.34. The molecule has 0 aliphatic heterocycles. The van der Waals surface area contributed by atoms with Crippen molar-refractivity contribution in [3.63, 3.8) is 0 Å². The summed E-state index contributed by atoms with van der Waals surface area (Å²) >= 11 is 6.39. The van der Waals surface area contributed by atoms with E-state index in [-0.39, 0.29) is 47.5 Å². The molecule has 0 unspecified atom stereocenters. The van der Waals surface area contributed by atoms with Crippen LogP contribution in [0.25, 0.3) is 17.2 Å². The van der Waals surface area contributed by atoms with Gasteiger partial charge in [-0.2, -0.15) is 19.3 Å². The number of nitrogens with zero attached hydrogens (tertiary/aromatic N) is 5. The molecule has 0 amide bonds. The third-order valence-corrected chi connectivity index (χ3v) is 6.25. The van der Waals surface area contributed by atoms with Gasteiger partial charge in [0.2, 0.25) is 0 Å². The number of hydrogen-bond donors (Lipinski definition) is 2. The van der Waals surface area contributed by atoms with Gasteiger partial charge in [-0.15, -0.1) is 0 Å². The Labute approximate surface area is 216 Å². The van der Waals surface area contributed by atoms with E-state index in [0.717, 1.165) is 28.8 Å². The standard InChI is InChI=1S/C25H20ClN7O3.CH4/c26-17-7-4-8-19(22(17)24(35)32-20(27)12-18(30-32)14-9-10-14)36-13-16-11-21(34)33-25(28-16)29-23(31-33)15-5-2-1-3-6-15;/h1-8,11-12,14H,9-10,13,27H2,(H,28,29,31);1H4. The van der Waals surface area contributed by atoms with Crippen LogP contribution in [-0.4, -0.2) is 35.3 Å². The first-order valence-electron chi connectivity index (χ1n) is 11.3. The zero-order valence-electron chi connectivity index (χ0n) is 18.9. The molecule has 0 atom stereocenters. The fraction of sp³-hybridized carbons (Fsp3) is 0.192. The summed E-state index contributed by atoms with van der Waals surface area (Å²) < 4.78 is 8.32. The van der Waals surface area contributed by atoms with Crippen LogP contribution in [-0.2, 0) is 6.61 Å². The summed E-state index contributed by atoms with van der Waals surface area (Å²) in [6.45, 7) is -0.0815. The summed E-state index contributed by atoms with van der Waals surface area (Å²) in [5, 5.41) is 7.54. The minimum atomic E-state index is -0.497. The Morgan fingerprint density at radius 3 is 2.65 bits per heavy atom. The Morgan fingerprint density at radius 2 is 1.89 bits per heavy atom. The lowest BCUT2D eigenvalue weighted by atomic mass is 10.2. The number of fused-ring (bicyclic) bond motifs is 1. The molecule has 188 valence electrons. The van der Waals surface area contributed by atoms with Gasteiger partial charge in [-0.25, -0.2) is 4.98 Å². The van der Waals surface area contributed by atoms with Gasteiger partial charge in [-0.3, -0.25) is 14.7 Å². The van der Waals surface area contributed by atoms with E-state index in [1.54, 1.807) is 24.3 Å². The maximum atomic E-state index is 13.3. The number of hydrogen-bond acceptors (Lipinski definition) is 7. The molecule has 1 fully saturated rings. The average molecular weight is 518 g/mol. The van der Waals surface area contributed by atoms with Crippen LogP contribution in [0, 0.1) is 0 Å². The third kappa shape index (κ3) is 4.58. The van der Waals surface area contributed by atoms with Crippen LogP contribution in [0.1, 0.15) is 47.9 Å². The van der Waals surface area contributed by atoms with Gasteiger partial charge < -0.3 is 10.5 Å². The molecule has 3 aromatic heterocycles. The number of nitrogens with two attached hydrogens (primary N) is 1. The average Bonchev–Trinajstić information content (AvgIpc) is 3.52. The number of anilines is 1. The van der Waals surface area contributed by atoms with Gasteiger partial charge in [0.05, 0.1) is 16.4 Å². The van der Waals surface area contributed by atoms with Crippen molar-refractivity contribution >= 4 is 29.1 Å². The Balaban J connectivity index is 0.00000280. The van der Waals surface area contributed by atoms with E-state index in [1.807, 2.05) is 30.3 Å². The minimum Gasteiger partial charge on any atom is -0.486 e. The number of benzene rings is 2. The van der Waals surface area contributed by atoms with E-state index in [9.17, 15) is 9.59 Å². The first kappa shape index (κ1) is 24.3. The molecule has 3 heterocycles. The van der Waals surface area contributed by atoms with E-state index >= 15 is 0 Å². The lowest BCUT2D eigenvalue weighted by molar-refractivity contribution is 0.0943. The lowest BCUT2D eigenvalue weighted by Gasteiger charge is -2.12. The fourth-order valence-corrected chi connectivity index (χ4v) is 4.22. The Bertz CT molecular complexity index is 1670. The Morgan fingerprint density at radius 1 is 1.11 bits per heavy atom. The van der Waals surface area contributed by atoms with Crippen molar-refractivity contribution in [1.82, 2.24) is 29.4 Å². The van der Waals surface area contributed by atoms with Crippen molar-refractivity contribution < 1.29 is 9.53 Å². The van der Waals surface area contributed by atoms with Gasteiger partial charge in [-0.1, -0.05) is 55.4 Å². The molecule has 0 saturated heterocycles. The summed E-state index contributed by atoms with van der Waals surface area (Å²) in [5.74, 6) is 1.03. The van der Waals surface area contributed by atoms with Gasteiger partial charge in [0, 0.05) is 23.6 Å². The number of aromatic nitrogens is 6. The fourth-order valence-electron chi connectivity index (χ4n) is 3.97. The number of ether oxygens (including phenoxy) is 1. The number of nitrogen functional groups attached to an aromatic ring is 1. The van der Waals surface area contributed by atoms with Crippen molar-refractivity contribution in [3.8, 4) is 17.1 Å². The molecule has 0 radical (unpaired) electrons. The van der Waals surface area contributed by atoms with Crippen molar-refractivity contribution in [2.75, 3.05) is 5.73 Å². The predicted octanol–water partition coefficient (Wildman–Crippen LogP) is 4.30. The van der Waals surface area contributed by atoms with Crippen LogP contribution >= 0.6 is 11.6 Å². The van der Waals surface area contributed by atoms with Crippen molar-refractivity contribution in [2.45, 2.75) is 32.8 Å². The highest BCUT2D eigenvalue weighted by atomic mass is 35.5. The second-order valence-corrected chi connectivity index (χ2v) is 8.95. The van der Waals surface area contributed by atoms with Gasteiger partial charge >= 0.3 is 0 Å². The molecule has 3 N–H and O–H groups in total. The zero-order valence-corrected chi connectivity index (χ0v) is 19.6. The highest BCUT2D eigenvalue weighted by Crippen LogP contribution is 2.40. The maximum Gasteiger partial charge on any atom is 0.285 e. The molecule has 2 aromatic carbocycles. The topological polar surface area (TPSA) is 133 Å². The summed E-state index contributed by atoms with van der Waals surface area (Å²) in [6.07, 6.45) is 2.07. The molecule has 11 heteroatoms. The minimum absolute atomic E-state index is 0. The van der Waals surface area contributed by atoms with Crippen molar-refractivity contribution in [2.24, 2.45) is 0 Å². The van der Waals surface area contributed by atoms with Crippen LogP contribution < -0.4 is 16.0 Å². The maximum absolute atomic E-state index is 13.3. The molecule has 1 aliphatic rings. The van der Waals surface area contributed by atoms with Gasteiger partial charge in [0.25, 0.3) is 17.2 Å². The molecule has 0 bridgehead atoms. The third-order valence-electron chi connectivity index (χ3n) is 5.94. The Hall–Kier alpha value is -4.44. The largest absolute Gasteiger partial charge is 0.486 e. The van der Waals surface area contributed by atoms with Crippen LogP contribution in [0.5, 0.6) is 5.75 Å². The monoisotopic (exact) mass is 517 g/mol. The molecular formula is C26H24ClN7O3. The Kier molecular flexibility index (Phi) is 6.26. The van der Waals surface area contributed by atoms with Gasteiger partial charge in [0.15, 0.2) is 5.82 Å². The van der Waals surface area contributed by atoms with Gasteiger partial charge in [-0.05, 0) is 25.0 Å². The summed E-state index contributed by atoms with van der Waals surface area (Å²) in [4.78, 5) is 34.8. The van der Waals surface area contributed by atoms with E-state index in [1.165, 1.54) is 10.6 Å². The first-order valence-corrected chi connectivity index (χ1v) is 11.7. The molecule has 1 saturated carbocycles. The highest BCUT2D eigenvalue weighted by Gasteiger charge is 2.29. The number of nitrogens with one attached hydrogen (secondary N) is 1. The van der Waals surface area contributed by atoms with Crippen LogP contribution in [0.2, 0.25) is 5.02 Å². The number of carbonyl (C=O) groups is 1. The van der Waals surface area contributed by atoms with E-state index in [4.69, 9.17) is 22.1 Å². The molecule has 6 rings (SSSR count). The summed E-state index contributed by atoms with van der Waals surface area (Å²) in [7, 11) is 0.